The lowest BCUT2D eigenvalue weighted by Crippen LogP contribution is -1.99. The third-order valence-electron chi connectivity index (χ3n) is 3.76. The molecule has 1 N–H and O–H groups in total. The highest BCUT2D eigenvalue weighted by molar-refractivity contribution is 6.04. The average Bonchev–Trinajstić information content (AvgIpc) is 2.57. The number of carbonyl (C=O) groups excluding carboxylic acids is 1. The van der Waals surface area contributed by atoms with E-state index >= 15 is 0 Å². The van der Waals surface area contributed by atoms with Crippen LogP contribution in [0.4, 0.5) is 5.69 Å². The van der Waals surface area contributed by atoms with E-state index in [4.69, 9.17) is 4.74 Å². The Morgan fingerprint density at radius 1 is 1.12 bits per heavy atom. The number of carbonyl (C=O) groups is 1. The second-order valence-corrected chi connectivity index (χ2v) is 5.89. The molecular weight excluding hydrogens is 298 g/mol. The van der Waals surface area contributed by atoms with Crippen LogP contribution >= 0.6 is 0 Å². The molecule has 0 aliphatic carbocycles. The number of hydrogen-bond acceptors (Lipinski definition) is 3. The van der Waals surface area contributed by atoms with Crippen LogP contribution in [0.25, 0.3) is 0 Å². The molecule has 0 saturated heterocycles. The molecule has 3 heteroatoms. The first-order valence-electron chi connectivity index (χ1n) is 8.37. The van der Waals surface area contributed by atoms with Crippen molar-refractivity contribution < 1.29 is 9.53 Å². The van der Waals surface area contributed by atoms with Gasteiger partial charge in [0.25, 0.3) is 0 Å². The van der Waals surface area contributed by atoms with E-state index in [-0.39, 0.29) is 5.78 Å². The number of ether oxygens (including phenoxy) is 1. The van der Waals surface area contributed by atoms with Crippen LogP contribution in [0.1, 0.15) is 41.3 Å². The lowest BCUT2D eigenvalue weighted by Gasteiger charge is -2.06. The monoisotopic (exact) mass is 323 g/mol. The summed E-state index contributed by atoms with van der Waals surface area (Å²) in [5.74, 6) is 0.768. The molecule has 0 amide bonds. The Kier molecular flexibility index (Phi) is 6.62. The lowest BCUT2D eigenvalue weighted by atomic mass is 10.1. The molecular formula is C21H25NO2. The van der Waals surface area contributed by atoms with Crippen molar-refractivity contribution in [2.45, 2.75) is 33.6 Å². The molecule has 126 valence electrons. The van der Waals surface area contributed by atoms with E-state index in [2.05, 4.69) is 25.2 Å². The smallest absolute Gasteiger partial charge is 0.187 e. The quantitative estimate of drug-likeness (QED) is 0.407. The van der Waals surface area contributed by atoms with Gasteiger partial charge in [0, 0.05) is 23.5 Å². The van der Waals surface area contributed by atoms with Crippen LogP contribution in [0.15, 0.2) is 54.7 Å². The van der Waals surface area contributed by atoms with E-state index in [1.165, 1.54) is 5.56 Å². The van der Waals surface area contributed by atoms with Crippen LogP contribution in [0, 0.1) is 13.8 Å². The minimum atomic E-state index is -0.0348. The molecule has 0 fully saturated rings. The van der Waals surface area contributed by atoms with E-state index < -0.39 is 0 Å². The van der Waals surface area contributed by atoms with Crippen molar-refractivity contribution in [3.05, 3.63) is 71.4 Å². The molecule has 2 aromatic rings. The molecule has 0 aromatic heterocycles. The third-order valence-corrected chi connectivity index (χ3v) is 3.76. The van der Waals surface area contributed by atoms with Gasteiger partial charge in [0.1, 0.15) is 5.75 Å². The summed E-state index contributed by atoms with van der Waals surface area (Å²) < 4.78 is 5.60. The fraction of sp³-hybridized carbons (Fsp3) is 0.286. The molecule has 3 nitrogen and oxygen atoms in total. The molecule has 0 aliphatic heterocycles. The Morgan fingerprint density at radius 3 is 2.54 bits per heavy atom. The molecule has 0 unspecified atom stereocenters. The average molecular weight is 323 g/mol. The molecule has 0 aliphatic rings. The highest BCUT2D eigenvalue weighted by Gasteiger charge is 2.02. The fourth-order valence-electron chi connectivity index (χ4n) is 2.33. The van der Waals surface area contributed by atoms with E-state index in [0.717, 1.165) is 29.8 Å². The summed E-state index contributed by atoms with van der Waals surface area (Å²) in [4.78, 5) is 12.2. The van der Waals surface area contributed by atoms with Crippen molar-refractivity contribution in [1.82, 2.24) is 0 Å². The van der Waals surface area contributed by atoms with Gasteiger partial charge in [0.2, 0.25) is 0 Å². The molecule has 0 atom stereocenters. The molecule has 2 aromatic carbocycles. The molecule has 2 rings (SSSR count). The van der Waals surface area contributed by atoms with E-state index in [1.54, 1.807) is 24.4 Å². The maximum atomic E-state index is 12.2. The van der Waals surface area contributed by atoms with E-state index in [9.17, 15) is 4.79 Å². The number of allylic oxidation sites excluding steroid dienone is 1. The molecule has 0 heterocycles. The minimum absolute atomic E-state index is 0.0348. The second kappa shape index (κ2) is 8.92. The largest absolute Gasteiger partial charge is 0.494 e. The number of rotatable bonds is 8. The van der Waals surface area contributed by atoms with Crippen molar-refractivity contribution in [3.63, 3.8) is 0 Å². The van der Waals surface area contributed by atoms with Gasteiger partial charge in [-0.3, -0.25) is 4.79 Å². The van der Waals surface area contributed by atoms with Gasteiger partial charge in [0.15, 0.2) is 5.78 Å². The molecule has 24 heavy (non-hydrogen) atoms. The Bertz CT molecular complexity index is 702. The number of nitrogens with one attached hydrogen (secondary N) is 1. The van der Waals surface area contributed by atoms with Crippen molar-refractivity contribution in [2.75, 3.05) is 11.9 Å². The van der Waals surface area contributed by atoms with Crippen LogP contribution in [0.3, 0.4) is 0 Å². The number of anilines is 1. The van der Waals surface area contributed by atoms with Crippen LogP contribution in [-0.4, -0.2) is 12.4 Å². The van der Waals surface area contributed by atoms with Crippen LogP contribution < -0.4 is 10.1 Å². The van der Waals surface area contributed by atoms with Gasteiger partial charge in [-0.15, -0.1) is 0 Å². The van der Waals surface area contributed by atoms with Gasteiger partial charge >= 0.3 is 0 Å². The highest BCUT2D eigenvalue weighted by Crippen LogP contribution is 2.16. The van der Waals surface area contributed by atoms with Gasteiger partial charge in [-0.1, -0.05) is 31.0 Å². The number of unbranched alkanes of at least 4 members (excludes halogenated alkanes) is 1. The van der Waals surface area contributed by atoms with Gasteiger partial charge in [0.05, 0.1) is 6.61 Å². The van der Waals surface area contributed by atoms with Crippen molar-refractivity contribution in [3.8, 4) is 5.75 Å². The Balaban J connectivity index is 1.91. The first-order valence-corrected chi connectivity index (χ1v) is 8.37. The first-order chi connectivity index (χ1) is 11.6. The zero-order valence-electron chi connectivity index (χ0n) is 14.6. The molecule has 0 bridgehead atoms. The third kappa shape index (κ3) is 5.27. The number of aryl methyl sites for hydroxylation is 2. The van der Waals surface area contributed by atoms with Crippen molar-refractivity contribution >= 4 is 11.5 Å². The normalized spacial score (nSPS) is 10.8. The van der Waals surface area contributed by atoms with E-state index in [0.29, 0.717) is 12.2 Å². The number of benzene rings is 2. The molecule has 0 radical (unpaired) electrons. The van der Waals surface area contributed by atoms with Gasteiger partial charge in [-0.05, 0) is 56.2 Å². The first kappa shape index (κ1) is 17.8. The van der Waals surface area contributed by atoms with Gasteiger partial charge in [-0.25, -0.2) is 0 Å². The molecule has 0 spiro atoms. The van der Waals surface area contributed by atoms with Crippen LogP contribution in [-0.2, 0) is 0 Å². The Labute approximate surface area is 144 Å². The fourth-order valence-corrected chi connectivity index (χ4v) is 2.33. The SMILES string of the molecule is CCCCOc1ccc(C(=O)C=CNc2ccc(C)cc2C)cc1. The number of ketones is 1. The standard InChI is InChI=1S/C21H25NO2/c1-4-5-14-24-19-9-7-18(8-10-19)21(23)12-13-22-20-11-6-16(2)15-17(20)3/h6-13,15,22H,4-5,14H2,1-3H3. The van der Waals surface area contributed by atoms with Crippen LogP contribution in [0.2, 0.25) is 0 Å². The predicted molar refractivity (Wildman–Crippen MR) is 99.9 cm³/mol. The zero-order chi connectivity index (χ0) is 17.4. The van der Waals surface area contributed by atoms with Crippen LogP contribution in [0.5, 0.6) is 5.75 Å². The highest BCUT2D eigenvalue weighted by atomic mass is 16.5. The maximum absolute atomic E-state index is 12.2. The molecule has 0 saturated carbocycles. The summed E-state index contributed by atoms with van der Waals surface area (Å²) in [6, 6.07) is 13.4. The summed E-state index contributed by atoms with van der Waals surface area (Å²) >= 11 is 0. The topological polar surface area (TPSA) is 38.3 Å². The van der Waals surface area contributed by atoms with Crippen molar-refractivity contribution in [2.24, 2.45) is 0 Å². The summed E-state index contributed by atoms with van der Waals surface area (Å²) in [6.45, 7) is 6.95. The van der Waals surface area contributed by atoms with E-state index in [1.807, 2.05) is 31.2 Å². The Morgan fingerprint density at radius 2 is 1.88 bits per heavy atom. The van der Waals surface area contributed by atoms with Gasteiger partial charge < -0.3 is 10.1 Å². The summed E-state index contributed by atoms with van der Waals surface area (Å²) in [5, 5.41) is 3.16. The van der Waals surface area contributed by atoms with Gasteiger partial charge in [-0.2, -0.15) is 0 Å². The predicted octanol–water partition coefficient (Wildman–Crippen LogP) is 5.29. The summed E-state index contributed by atoms with van der Waals surface area (Å²) in [5.41, 5.74) is 4.03. The minimum Gasteiger partial charge on any atom is -0.494 e. The second-order valence-electron chi connectivity index (χ2n) is 5.89. The summed E-state index contributed by atoms with van der Waals surface area (Å²) in [7, 11) is 0. The lowest BCUT2D eigenvalue weighted by molar-refractivity contribution is 0.104. The number of hydrogen-bond donors (Lipinski definition) is 1. The maximum Gasteiger partial charge on any atom is 0.187 e. The zero-order valence-corrected chi connectivity index (χ0v) is 14.6. The Hall–Kier alpha value is -2.55. The summed E-state index contributed by atoms with van der Waals surface area (Å²) in [6.07, 6.45) is 5.38. The van der Waals surface area contributed by atoms with Crippen molar-refractivity contribution in [1.29, 1.82) is 0 Å².